The molecule has 0 radical (unpaired) electrons. The Labute approximate surface area is 140 Å². The molecule has 25 heavy (non-hydrogen) atoms. The van der Waals surface area contributed by atoms with Gasteiger partial charge in [0.1, 0.15) is 5.75 Å². The van der Waals surface area contributed by atoms with Crippen LogP contribution in [0.1, 0.15) is 32.8 Å². The van der Waals surface area contributed by atoms with Gasteiger partial charge in [-0.15, -0.1) is 0 Å². The van der Waals surface area contributed by atoms with Gasteiger partial charge in [0, 0.05) is 13.5 Å². The molecule has 0 aliphatic heterocycles. The lowest BCUT2D eigenvalue weighted by Crippen LogP contribution is -2.56. The monoisotopic (exact) mass is 376 g/mol. The second kappa shape index (κ2) is 7.01. The summed E-state index contributed by atoms with van der Waals surface area (Å²) in [4.78, 5) is 0. The number of halogens is 7. The van der Waals surface area contributed by atoms with E-state index >= 15 is 0 Å². The van der Waals surface area contributed by atoms with E-state index in [0.717, 1.165) is 14.0 Å². The Bertz CT molecular complexity index is 567. The van der Waals surface area contributed by atoms with Crippen molar-refractivity contribution in [2.45, 2.75) is 56.9 Å². The Balaban J connectivity index is 3.35. The van der Waals surface area contributed by atoms with Crippen molar-refractivity contribution in [3.8, 4) is 5.75 Å². The first-order valence-corrected chi connectivity index (χ1v) is 7.31. The van der Waals surface area contributed by atoms with Crippen LogP contribution in [0, 0.1) is 0 Å². The molecule has 0 bridgehead atoms. The quantitative estimate of drug-likeness (QED) is 0.606. The van der Waals surface area contributed by atoms with Crippen molar-refractivity contribution in [1.82, 2.24) is 0 Å². The zero-order chi connectivity index (χ0) is 19.7. The van der Waals surface area contributed by atoms with E-state index < -0.39 is 30.0 Å². The second-order valence-electron chi connectivity index (χ2n) is 6.10. The van der Waals surface area contributed by atoms with Crippen LogP contribution in [0.25, 0.3) is 0 Å². The maximum absolute atomic E-state index is 14.1. The van der Waals surface area contributed by atoms with Gasteiger partial charge in [-0.25, -0.2) is 4.39 Å². The fourth-order valence-corrected chi connectivity index (χ4v) is 2.29. The fraction of sp³-hybridized carbons (Fsp3) is 0.625. The summed E-state index contributed by atoms with van der Waals surface area (Å²) in [7, 11) is 0.920. The van der Waals surface area contributed by atoms with Gasteiger partial charge in [-0.1, -0.05) is 12.1 Å². The molecule has 1 aromatic rings. The summed E-state index contributed by atoms with van der Waals surface area (Å²) < 4.78 is 102. The van der Waals surface area contributed by atoms with Crippen LogP contribution in [0.3, 0.4) is 0 Å². The molecule has 2 nitrogen and oxygen atoms in total. The lowest BCUT2D eigenvalue weighted by atomic mass is 9.83. The van der Waals surface area contributed by atoms with Crippen molar-refractivity contribution in [2.24, 2.45) is 0 Å². The molecule has 0 N–H and O–H groups in total. The third-order valence-electron chi connectivity index (χ3n) is 3.75. The zero-order valence-electron chi connectivity index (χ0n) is 14.1. The molecule has 0 spiro atoms. The molecule has 1 aromatic carbocycles. The molecular formula is C16H19F7O2. The van der Waals surface area contributed by atoms with Crippen LogP contribution in [0.5, 0.6) is 5.75 Å². The summed E-state index contributed by atoms with van der Waals surface area (Å²) in [6, 6.07) is 5.35. The molecule has 0 amide bonds. The van der Waals surface area contributed by atoms with Crippen molar-refractivity contribution in [2.75, 3.05) is 7.11 Å². The minimum atomic E-state index is -6.14. The average molecular weight is 376 g/mol. The van der Waals surface area contributed by atoms with Gasteiger partial charge >= 0.3 is 18.0 Å². The average Bonchev–Trinajstić information content (AvgIpc) is 2.44. The molecule has 144 valence electrons. The van der Waals surface area contributed by atoms with Gasteiger partial charge in [0.2, 0.25) is 0 Å². The van der Waals surface area contributed by atoms with Gasteiger partial charge in [0.05, 0.1) is 11.7 Å². The Kier molecular flexibility index (Phi) is 6.04. The highest BCUT2D eigenvalue weighted by atomic mass is 19.4. The normalized spacial score (nSPS) is 16.0. The Morgan fingerprint density at radius 1 is 0.960 bits per heavy atom. The number of ether oxygens (including phenoxy) is 2. The molecule has 1 rings (SSSR count). The van der Waals surface area contributed by atoms with Gasteiger partial charge in [-0.3, -0.25) is 0 Å². The van der Waals surface area contributed by atoms with Crippen molar-refractivity contribution in [3.05, 3.63) is 29.8 Å². The minimum absolute atomic E-state index is 0.0660. The SMILES string of the molecule is COC(C)(CC(F)(C(F)(F)F)C(F)(F)F)c1cccc(OC(C)C)c1. The summed E-state index contributed by atoms with van der Waals surface area (Å²) in [5.41, 5.74) is -7.67. The van der Waals surface area contributed by atoms with Crippen LogP contribution in [0.15, 0.2) is 24.3 Å². The van der Waals surface area contributed by atoms with E-state index in [1.54, 1.807) is 13.8 Å². The first kappa shape index (κ1) is 21.5. The van der Waals surface area contributed by atoms with Crippen LogP contribution in [0.2, 0.25) is 0 Å². The lowest BCUT2D eigenvalue weighted by molar-refractivity contribution is -0.353. The van der Waals surface area contributed by atoms with Crippen molar-refractivity contribution >= 4 is 0 Å². The second-order valence-corrected chi connectivity index (χ2v) is 6.10. The van der Waals surface area contributed by atoms with E-state index in [1.165, 1.54) is 24.3 Å². The van der Waals surface area contributed by atoms with E-state index in [4.69, 9.17) is 9.47 Å². The van der Waals surface area contributed by atoms with Crippen LogP contribution in [-0.2, 0) is 10.3 Å². The number of alkyl halides is 7. The lowest BCUT2D eigenvalue weighted by Gasteiger charge is -2.38. The molecule has 9 heteroatoms. The molecule has 1 unspecified atom stereocenters. The molecule has 0 aliphatic rings. The molecular weight excluding hydrogens is 357 g/mol. The van der Waals surface area contributed by atoms with Gasteiger partial charge in [0.15, 0.2) is 0 Å². The number of rotatable bonds is 6. The predicted octanol–water partition coefficient (Wildman–Crippen LogP) is 5.56. The third kappa shape index (κ3) is 4.56. The molecule has 0 fully saturated rings. The van der Waals surface area contributed by atoms with Gasteiger partial charge in [0.25, 0.3) is 0 Å². The largest absolute Gasteiger partial charge is 0.491 e. The number of methoxy groups -OCH3 is 1. The smallest absolute Gasteiger partial charge is 0.431 e. The topological polar surface area (TPSA) is 18.5 Å². The van der Waals surface area contributed by atoms with E-state index in [2.05, 4.69) is 0 Å². The van der Waals surface area contributed by atoms with Gasteiger partial charge in [-0.2, -0.15) is 26.3 Å². The van der Waals surface area contributed by atoms with E-state index in [9.17, 15) is 30.7 Å². The predicted molar refractivity (Wildman–Crippen MR) is 77.1 cm³/mol. The zero-order valence-corrected chi connectivity index (χ0v) is 14.1. The summed E-state index contributed by atoms with van der Waals surface area (Å²) in [6.07, 6.45) is -14.5. The third-order valence-corrected chi connectivity index (χ3v) is 3.75. The first-order chi connectivity index (χ1) is 11.2. The molecule has 1 atom stereocenters. The highest BCUT2D eigenvalue weighted by Crippen LogP contribution is 2.52. The minimum Gasteiger partial charge on any atom is -0.491 e. The van der Waals surface area contributed by atoms with E-state index in [0.29, 0.717) is 0 Å². The van der Waals surface area contributed by atoms with Crippen LogP contribution < -0.4 is 4.74 Å². The first-order valence-electron chi connectivity index (χ1n) is 7.31. The standard InChI is InChI=1S/C16H19F7O2/c1-10(2)25-12-7-5-6-11(8-12)13(3,24-4)9-14(17,15(18,19)20)16(21,22)23/h5-8,10H,9H2,1-4H3. The molecule has 0 aliphatic carbocycles. The summed E-state index contributed by atoms with van der Waals surface area (Å²) >= 11 is 0. The van der Waals surface area contributed by atoms with E-state index in [-0.39, 0.29) is 17.4 Å². The van der Waals surface area contributed by atoms with E-state index in [1.807, 2.05) is 0 Å². The maximum atomic E-state index is 14.1. The number of hydrogen-bond acceptors (Lipinski definition) is 2. The van der Waals surface area contributed by atoms with Crippen LogP contribution >= 0.6 is 0 Å². The summed E-state index contributed by atoms with van der Waals surface area (Å²) in [5, 5.41) is 0. The van der Waals surface area contributed by atoms with Crippen LogP contribution in [0.4, 0.5) is 30.7 Å². The Hall–Kier alpha value is -1.51. The fourth-order valence-electron chi connectivity index (χ4n) is 2.29. The molecule has 0 saturated carbocycles. The molecule has 0 saturated heterocycles. The number of benzene rings is 1. The molecule has 0 aromatic heterocycles. The van der Waals surface area contributed by atoms with Crippen LogP contribution in [-0.4, -0.2) is 31.2 Å². The summed E-state index contributed by atoms with van der Waals surface area (Å²) in [5.74, 6) is 0.222. The highest BCUT2D eigenvalue weighted by molar-refractivity contribution is 5.33. The Morgan fingerprint density at radius 3 is 1.88 bits per heavy atom. The molecule has 0 heterocycles. The highest BCUT2D eigenvalue weighted by Gasteiger charge is 2.74. The summed E-state index contributed by atoms with van der Waals surface area (Å²) in [6.45, 7) is 4.36. The maximum Gasteiger partial charge on any atom is 0.431 e. The van der Waals surface area contributed by atoms with Crippen molar-refractivity contribution in [3.63, 3.8) is 0 Å². The van der Waals surface area contributed by atoms with Crippen molar-refractivity contribution < 1.29 is 40.2 Å². The van der Waals surface area contributed by atoms with Crippen molar-refractivity contribution in [1.29, 1.82) is 0 Å². The van der Waals surface area contributed by atoms with Gasteiger partial charge in [-0.05, 0) is 38.5 Å². The number of hydrogen-bond donors (Lipinski definition) is 0. The Morgan fingerprint density at radius 2 is 1.48 bits per heavy atom. The van der Waals surface area contributed by atoms with Gasteiger partial charge < -0.3 is 9.47 Å².